The molecule has 0 atom stereocenters. The predicted octanol–water partition coefficient (Wildman–Crippen LogP) is 3.31. The van der Waals surface area contributed by atoms with Crippen LogP contribution in [0.5, 0.6) is 0 Å². The number of amides is 1. The maximum atomic E-state index is 12.5. The van der Waals surface area contributed by atoms with Crippen LogP contribution in [0.25, 0.3) is 17.0 Å². The molecular formula is C20H20N6O2S. The lowest BCUT2D eigenvalue weighted by Gasteiger charge is -2.02. The lowest BCUT2D eigenvalue weighted by Crippen LogP contribution is -2.13. The molecule has 0 saturated carbocycles. The van der Waals surface area contributed by atoms with Crippen molar-refractivity contribution in [2.24, 2.45) is 0 Å². The van der Waals surface area contributed by atoms with Crippen molar-refractivity contribution < 1.29 is 9.53 Å². The van der Waals surface area contributed by atoms with Crippen molar-refractivity contribution in [2.75, 3.05) is 19.0 Å². The zero-order valence-electron chi connectivity index (χ0n) is 16.3. The Kier molecular flexibility index (Phi) is 5.32. The van der Waals surface area contributed by atoms with E-state index in [1.165, 1.54) is 16.9 Å². The monoisotopic (exact) mass is 408 g/mol. The molecule has 0 aliphatic carbocycles. The van der Waals surface area contributed by atoms with Crippen molar-refractivity contribution in [3.8, 4) is 11.3 Å². The number of anilines is 1. The van der Waals surface area contributed by atoms with Crippen LogP contribution in [0.2, 0.25) is 0 Å². The van der Waals surface area contributed by atoms with Crippen molar-refractivity contribution >= 4 is 28.2 Å². The number of rotatable bonds is 6. The molecule has 9 heteroatoms. The highest BCUT2D eigenvalue weighted by atomic mass is 32.1. The minimum atomic E-state index is -0.414. The predicted molar refractivity (Wildman–Crippen MR) is 111 cm³/mol. The number of nitrogens with one attached hydrogen (secondary N) is 1. The Bertz CT molecular complexity index is 1170. The van der Waals surface area contributed by atoms with Crippen LogP contribution < -0.4 is 5.32 Å². The number of thiazole rings is 1. The highest BCUT2D eigenvalue weighted by molar-refractivity contribution is 7.14. The summed E-state index contributed by atoms with van der Waals surface area (Å²) in [5, 5.41) is 9.42. The van der Waals surface area contributed by atoms with Gasteiger partial charge in [0.1, 0.15) is 0 Å². The number of fused-ring (bicyclic) bond motifs is 1. The lowest BCUT2D eigenvalue weighted by atomic mass is 10.1. The maximum Gasteiger partial charge on any atom is 0.297 e. The second-order valence-corrected chi connectivity index (χ2v) is 7.48. The molecule has 0 fully saturated rings. The van der Waals surface area contributed by atoms with Crippen LogP contribution in [-0.2, 0) is 11.2 Å². The Labute approximate surface area is 171 Å². The Balaban J connectivity index is 1.49. The van der Waals surface area contributed by atoms with Crippen molar-refractivity contribution in [2.45, 2.75) is 20.3 Å². The minimum Gasteiger partial charge on any atom is -0.384 e. The van der Waals surface area contributed by atoms with Gasteiger partial charge < -0.3 is 4.74 Å². The summed E-state index contributed by atoms with van der Waals surface area (Å²) in [5.74, 6) is 0.0508. The summed E-state index contributed by atoms with van der Waals surface area (Å²) in [6.07, 6.45) is 0.870. The zero-order chi connectivity index (χ0) is 20.4. The zero-order valence-corrected chi connectivity index (χ0v) is 17.2. The van der Waals surface area contributed by atoms with Gasteiger partial charge in [0.25, 0.3) is 11.7 Å². The summed E-state index contributed by atoms with van der Waals surface area (Å²) in [5.41, 5.74) is 4.69. The fourth-order valence-corrected chi connectivity index (χ4v) is 3.66. The number of benzene rings is 1. The number of hydrogen-bond donors (Lipinski definition) is 1. The Morgan fingerprint density at radius 1 is 1.17 bits per heavy atom. The Morgan fingerprint density at radius 3 is 2.72 bits per heavy atom. The third-order valence-electron chi connectivity index (χ3n) is 4.39. The number of aryl methyl sites for hydroxylation is 2. The molecule has 8 nitrogen and oxygen atoms in total. The first-order chi connectivity index (χ1) is 14.0. The van der Waals surface area contributed by atoms with Crippen molar-refractivity contribution in [3.05, 3.63) is 58.5 Å². The van der Waals surface area contributed by atoms with Gasteiger partial charge in [0.2, 0.25) is 5.82 Å². The largest absolute Gasteiger partial charge is 0.384 e. The number of aromatic nitrogens is 5. The molecule has 0 aliphatic heterocycles. The first-order valence-corrected chi connectivity index (χ1v) is 9.97. The van der Waals surface area contributed by atoms with E-state index in [0.717, 1.165) is 29.1 Å². The van der Waals surface area contributed by atoms with Crippen LogP contribution in [0.1, 0.15) is 27.6 Å². The van der Waals surface area contributed by atoms with Gasteiger partial charge in [-0.15, -0.1) is 16.4 Å². The number of methoxy groups -OCH3 is 1. The van der Waals surface area contributed by atoms with Crippen molar-refractivity contribution in [1.82, 2.24) is 24.6 Å². The highest BCUT2D eigenvalue weighted by Crippen LogP contribution is 2.25. The van der Waals surface area contributed by atoms with Gasteiger partial charge in [0.05, 0.1) is 12.3 Å². The van der Waals surface area contributed by atoms with E-state index in [-0.39, 0.29) is 5.82 Å². The van der Waals surface area contributed by atoms with Crippen LogP contribution in [0, 0.1) is 13.8 Å². The number of carbonyl (C=O) groups excluding carboxylic acids is 1. The third kappa shape index (κ3) is 4.15. The van der Waals surface area contributed by atoms with Gasteiger partial charge in [-0.1, -0.05) is 24.3 Å². The highest BCUT2D eigenvalue weighted by Gasteiger charge is 2.17. The summed E-state index contributed by atoms with van der Waals surface area (Å²) in [4.78, 5) is 25.6. The fourth-order valence-electron chi connectivity index (χ4n) is 2.94. The first kappa shape index (κ1) is 19.2. The van der Waals surface area contributed by atoms with Gasteiger partial charge in [0, 0.05) is 29.4 Å². The molecule has 148 valence electrons. The first-order valence-electron chi connectivity index (χ1n) is 9.09. The van der Waals surface area contributed by atoms with E-state index < -0.39 is 5.91 Å². The molecule has 1 amide bonds. The topological polar surface area (TPSA) is 94.3 Å². The molecule has 0 aliphatic rings. The summed E-state index contributed by atoms with van der Waals surface area (Å²) >= 11 is 1.36. The van der Waals surface area contributed by atoms with Gasteiger partial charge in [-0.2, -0.15) is 4.98 Å². The van der Waals surface area contributed by atoms with E-state index in [1.807, 2.05) is 37.4 Å². The van der Waals surface area contributed by atoms with Crippen LogP contribution in [0.4, 0.5) is 5.13 Å². The lowest BCUT2D eigenvalue weighted by molar-refractivity contribution is 0.101. The average Bonchev–Trinajstić information content (AvgIpc) is 3.34. The van der Waals surface area contributed by atoms with Crippen LogP contribution in [0.15, 0.2) is 35.7 Å². The second-order valence-electron chi connectivity index (χ2n) is 6.62. The van der Waals surface area contributed by atoms with Gasteiger partial charge in [0.15, 0.2) is 5.13 Å². The van der Waals surface area contributed by atoms with Gasteiger partial charge in [-0.25, -0.2) is 14.5 Å². The van der Waals surface area contributed by atoms with Crippen molar-refractivity contribution in [3.63, 3.8) is 0 Å². The number of ether oxygens (including phenoxy) is 1. The molecule has 1 N–H and O–H groups in total. The normalized spacial score (nSPS) is 11.1. The second kappa shape index (κ2) is 8.06. The SMILES string of the molecule is COCCc1ccc(-c2csc(NC(=O)c3nc4nc(C)cc(C)n4n3)n2)cc1. The van der Waals surface area contributed by atoms with E-state index in [9.17, 15) is 4.79 Å². The molecule has 0 saturated heterocycles. The molecule has 4 aromatic rings. The minimum absolute atomic E-state index is 0.0606. The van der Waals surface area contributed by atoms with Gasteiger partial charge in [-0.05, 0) is 31.9 Å². The quantitative estimate of drug-likeness (QED) is 0.526. The van der Waals surface area contributed by atoms with Gasteiger partial charge in [-0.3, -0.25) is 10.1 Å². The smallest absolute Gasteiger partial charge is 0.297 e. The number of carbonyl (C=O) groups is 1. The van der Waals surface area contributed by atoms with Crippen LogP contribution in [0.3, 0.4) is 0 Å². The maximum absolute atomic E-state index is 12.5. The number of hydrogen-bond acceptors (Lipinski definition) is 7. The third-order valence-corrected chi connectivity index (χ3v) is 5.15. The molecule has 1 aromatic carbocycles. The molecule has 0 radical (unpaired) electrons. The van der Waals surface area contributed by atoms with E-state index >= 15 is 0 Å². The standard InChI is InChI=1S/C20H20N6O2S/c1-12-10-13(2)26-19(21-12)23-17(25-26)18(27)24-20-22-16(11-29-20)15-6-4-14(5-7-15)8-9-28-3/h4-7,10-11H,8-9H2,1-3H3,(H,22,24,27). The van der Waals surface area contributed by atoms with E-state index in [4.69, 9.17) is 4.74 Å². The molecule has 0 spiro atoms. The Hall–Kier alpha value is -3.17. The molecule has 29 heavy (non-hydrogen) atoms. The fraction of sp³-hybridized carbons (Fsp3) is 0.250. The van der Waals surface area contributed by atoms with E-state index in [1.54, 1.807) is 11.6 Å². The van der Waals surface area contributed by atoms with E-state index in [0.29, 0.717) is 17.5 Å². The van der Waals surface area contributed by atoms with Crippen molar-refractivity contribution in [1.29, 1.82) is 0 Å². The van der Waals surface area contributed by atoms with Crippen LogP contribution in [-0.4, -0.2) is 44.2 Å². The van der Waals surface area contributed by atoms with Gasteiger partial charge >= 0.3 is 0 Å². The average molecular weight is 408 g/mol. The molecular weight excluding hydrogens is 388 g/mol. The summed E-state index contributed by atoms with van der Waals surface area (Å²) in [6.45, 7) is 4.46. The number of nitrogens with zero attached hydrogens (tertiary/aromatic N) is 5. The van der Waals surface area contributed by atoms with E-state index in [2.05, 4.69) is 37.5 Å². The molecule has 0 bridgehead atoms. The molecule has 4 rings (SSSR count). The summed E-state index contributed by atoms with van der Waals surface area (Å²) < 4.78 is 6.66. The Morgan fingerprint density at radius 2 is 1.97 bits per heavy atom. The summed E-state index contributed by atoms with van der Waals surface area (Å²) in [6, 6.07) is 10.0. The van der Waals surface area contributed by atoms with Crippen LogP contribution >= 0.6 is 11.3 Å². The summed E-state index contributed by atoms with van der Waals surface area (Å²) in [7, 11) is 1.69. The molecule has 3 heterocycles. The molecule has 0 unspecified atom stereocenters. The molecule has 3 aromatic heterocycles.